The summed E-state index contributed by atoms with van der Waals surface area (Å²) in [7, 11) is -2.15. The Balaban J connectivity index is 2.68. The maximum Gasteiger partial charge on any atom is 0.407 e. The second-order valence-electron chi connectivity index (χ2n) is 5.66. The van der Waals surface area contributed by atoms with E-state index < -0.39 is 22.2 Å². The van der Waals surface area contributed by atoms with Crippen LogP contribution in [-0.2, 0) is 26.1 Å². The molecule has 0 bridgehead atoms. The first-order valence-corrected chi connectivity index (χ1v) is 9.43. The second-order valence-corrected chi connectivity index (χ2v) is 7.54. The Morgan fingerprint density at radius 1 is 1.16 bits per heavy atom. The van der Waals surface area contributed by atoms with Crippen LogP contribution in [0.3, 0.4) is 0 Å². The summed E-state index contributed by atoms with van der Waals surface area (Å²) in [4.78, 5) is 24.0. The highest BCUT2D eigenvalue weighted by Gasteiger charge is 2.24. The third-order valence-corrected chi connectivity index (χ3v) is 4.90. The molecule has 0 aliphatic heterocycles. The van der Waals surface area contributed by atoms with Crippen molar-refractivity contribution in [3.63, 3.8) is 0 Å². The van der Waals surface area contributed by atoms with Crippen molar-refractivity contribution in [2.45, 2.75) is 38.3 Å². The molecule has 140 valence electrons. The van der Waals surface area contributed by atoms with Gasteiger partial charge in [0.15, 0.2) is 0 Å². The van der Waals surface area contributed by atoms with Crippen LogP contribution in [0.25, 0.3) is 0 Å². The minimum Gasteiger partial charge on any atom is -0.450 e. The van der Waals surface area contributed by atoms with Crippen LogP contribution in [0, 0.1) is 5.92 Å². The molecule has 0 aliphatic rings. The summed E-state index contributed by atoms with van der Waals surface area (Å²) in [5.41, 5.74) is 0.738. The molecule has 1 atom stereocenters. The molecule has 0 saturated heterocycles. The second kappa shape index (κ2) is 9.38. The van der Waals surface area contributed by atoms with Gasteiger partial charge in [-0.1, -0.05) is 26.0 Å². The number of benzene rings is 1. The smallest absolute Gasteiger partial charge is 0.407 e. The third-order valence-electron chi connectivity index (χ3n) is 3.47. The Kier molecular flexibility index (Phi) is 7.85. The number of carbonyl (C=O) groups is 2. The van der Waals surface area contributed by atoms with Crippen molar-refractivity contribution in [1.82, 2.24) is 15.4 Å². The number of carbonyl (C=O) groups excluding carboxylic acids is 2. The van der Waals surface area contributed by atoms with Gasteiger partial charge in [-0.3, -0.25) is 4.79 Å². The topological polar surface area (TPSA) is 114 Å². The molecule has 9 heteroatoms. The number of sulfonamides is 1. The summed E-state index contributed by atoms with van der Waals surface area (Å²) in [6.07, 6.45) is -0.641. The van der Waals surface area contributed by atoms with Crippen molar-refractivity contribution < 1.29 is 22.7 Å². The molecule has 2 amide bonds. The normalized spacial score (nSPS) is 12.5. The minimum atomic E-state index is -3.49. The van der Waals surface area contributed by atoms with Gasteiger partial charge in [-0.15, -0.1) is 0 Å². The Bertz CT molecular complexity index is 686. The minimum absolute atomic E-state index is 0.118. The molecule has 1 unspecified atom stereocenters. The molecular formula is C16H25N3O5S. The van der Waals surface area contributed by atoms with E-state index in [1.165, 1.54) is 19.2 Å². The molecule has 0 heterocycles. The van der Waals surface area contributed by atoms with E-state index >= 15 is 0 Å². The summed E-state index contributed by atoms with van der Waals surface area (Å²) < 4.78 is 30.4. The van der Waals surface area contributed by atoms with E-state index in [4.69, 9.17) is 4.74 Å². The number of alkyl carbamates (subject to hydrolysis) is 1. The van der Waals surface area contributed by atoms with E-state index in [0.717, 1.165) is 5.56 Å². The Hall–Kier alpha value is -2.13. The van der Waals surface area contributed by atoms with Crippen LogP contribution in [0.1, 0.15) is 26.3 Å². The van der Waals surface area contributed by atoms with Gasteiger partial charge < -0.3 is 15.4 Å². The first kappa shape index (κ1) is 20.9. The van der Waals surface area contributed by atoms with Crippen molar-refractivity contribution in [2.24, 2.45) is 5.92 Å². The van der Waals surface area contributed by atoms with E-state index in [0.29, 0.717) is 0 Å². The van der Waals surface area contributed by atoms with Crippen LogP contribution >= 0.6 is 0 Å². The molecular weight excluding hydrogens is 346 g/mol. The van der Waals surface area contributed by atoms with Gasteiger partial charge in [-0.05, 0) is 37.6 Å². The number of hydrogen-bond acceptors (Lipinski definition) is 5. The molecule has 0 spiro atoms. The number of nitrogens with one attached hydrogen (secondary N) is 3. The fourth-order valence-electron chi connectivity index (χ4n) is 2.04. The first-order chi connectivity index (χ1) is 11.7. The van der Waals surface area contributed by atoms with Crippen molar-refractivity contribution in [3.8, 4) is 0 Å². The largest absolute Gasteiger partial charge is 0.450 e. The maximum atomic E-state index is 12.3. The van der Waals surface area contributed by atoms with Crippen molar-refractivity contribution in [3.05, 3.63) is 29.8 Å². The summed E-state index contributed by atoms with van der Waals surface area (Å²) in [6, 6.07) is 5.44. The fourth-order valence-corrected chi connectivity index (χ4v) is 2.77. The Morgan fingerprint density at radius 2 is 1.76 bits per heavy atom. The highest BCUT2D eigenvalue weighted by Crippen LogP contribution is 2.10. The van der Waals surface area contributed by atoms with Crippen LogP contribution in [0.15, 0.2) is 29.2 Å². The zero-order chi connectivity index (χ0) is 19.0. The third kappa shape index (κ3) is 6.35. The molecule has 0 saturated carbocycles. The predicted octanol–water partition coefficient (Wildman–Crippen LogP) is 0.982. The zero-order valence-electron chi connectivity index (χ0n) is 14.8. The number of rotatable bonds is 8. The van der Waals surface area contributed by atoms with E-state index in [9.17, 15) is 18.0 Å². The van der Waals surface area contributed by atoms with Gasteiger partial charge >= 0.3 is 6.09 Å². The quantitative estimate of drug-likeness (QED) is 0.630. The summed E-state index contributed by atoms with van der Waals surface area (Å²) >= 11 is 0. The fraction of sp³-hybridized carbons (Fsp3) is 0.500. The van der Waals surface area contributed by atoms with Gasteiger partial charge in [0.05, 0.1) is 11.5 Å². The Morgan fingerprint density at radius 3 is 2.24 bits per heavy atom. The van der Waals surface area contributed by atoms with Gasteiger partial charge in [0.2, 0.25) is 15.9 Å². The summed E-state index contributed by atoms with van der Waals surface area (Å²) in [5, 5.41) is 5.26. The Labute approximate surface area is 148 Å². The van der Waals surface area contributed by atoms with Gasteiger partial charge in [0.1, 0.15) is 6.04 Å². The average molecular weight is 371 g/mol. The predicted molar refractivity (Wildman–Crippen MR) is 93.3 cm³/mol. The van der Waals surface area contributed by atoms with Crippen LogP contribution in [-0.4, -0.2) is 40.1 Å². The van der Waals surface area contributed by atoms with Crippen molar-refractivity contribution in [1.29, 1.82) is 0 Å². The molecule has 1 aromatic carbocycles. The molecule has 3 N–H and O–H groups in total. The molecule has 0 aromatic heterocycles. The van der Waals surface area contributed by atoms with E-state index in [1.807, 2.05) is 13.8 Å². The SMILES string of the molecule is CCOC(=O)NC(C(=O)NCc1ccc(S(=O)(=O)NC)cc1)C(C)C. The van der Waals surface area contributed by atoms with Gasteiger partial charge in [0.25, 0.3) is 0 Å². The van der Waals surface area contributed by atoms with Crippen LogP contribution < -0.4 is 15.4 Å². The highest BCUT2D eigenvalue weighted by molar-refractivity contribution is 7.89. The molecule has 1 aromatic rings. The lowest BCUT2D eigenvalue weighted by Crippen LogP contribution is -2.49. The summed E-state index contributed by atoms with van der Waals surface area (Å²) in [5.74, 6) is -0.456. The maximum absolute atomic E-state index is 12.3. The number of amides is 2. The van der Waals surface area contributed by atoms with E-state index in [-0.39, 0.29) is 29.9 Å². The van der Waals surface area contributed by atoms with Crippen molar-refractivity contribution >= 4 is 22.0 Å². The monoisotopic (exact) mass is 371 g/mol. The molecule has 0 radical (unpaired) electrons. The number of ether oxygens (including phenoxy) is 1. The van der Waals surface area contributed by atoms with Crippen LogP contribution in [0.2, 0.25) is 0 Å². The molecule has 0 fully saturated rings. The zero-order valence-corrected chi connectivity index (χ0v) is 15.6. The average Bonchev–Trinajstić information content (AvgIpc) is 2.58. The van der Waals surface area contributed by atoms with Gasteiger partial charge in [0, 0.05) is 6.54 Å². The highest BCUT2D eigenvalue weighted by atomic mass is 32.2. The van der Waals surface area contributed by atoms with Crippen LogP contribution in [0.4, 0.5) is 4.79 Å². The van der Waals surface area contributed by atoms with Gasteiger partial charge in [-0.2, -0.15) is 0 Å². The summed E-state index contributed by atoms with van der Waals surface area (Å²) in [6.45, 7) is 5.75. The lowest BCUT2D eigenvalue weighted by molar-refractivity contribution is -0.124. The standard InChI is InChI=1S/C16H25N3O5S/c1-5-24-16(21)19-14(11(2)3)15(20)18-10-12-6-8-13(9-7-12)25(22,23)17-4/h6-9,11,14,17H,5,10H2,1-4H3,(H,18,20)(H,19,21). The van der Waals surface area contributed by atoms with Gasteiger partial charge in [-0.25, -0.2) is 17.9 Å². The van der Waals surface area contributed by atoms with Crippen LogP contribution in [0.5, 0.6) is 0 Å². The lowest BCUT2D eigenvalue weighted by atomic mass is 10.0. The lowest BCUT2D eigenvalue weighted by Gasteiger charge is -2.21. The molecule has 1 rings (SSSR count). The van der Waals surface area contributed by atoms with E-state index in [1.54, 1.807) is 19.1 Å². The van der Waals surface area contributed by atoms with Crippen molar-refractivity contribution in [2.75, 3.05) is 13.7 Å². The molecule has 0 aliphatic carbocycles. The van der Waals surface area contributed by atoms with E-state index in [2.05, 4.69) is 15.4 Å². The molecule has 8 nitrogen and oxygen atoms in total. The first-order valence-electron chi connectivity index (χ1n) is 7.94. The molecule has 25 heavy (non-hydrogen) atoms. The number of hydrogen-bond donors (Lipinski definition) is 3.